The van der Waals surface area contributed by atoms with E-state index in [1.54, 1.807) is 4.52 Å². The van der Waals surface area contributed by atoms with Crippen molar-refractivity contribution in [3.63, 3.8) is 0 Å². The molecule has 3 heterocycles. The van der Waals surface area contributed by atoms with Gasteiger partial charge in [0.2, 0.25) is 0 Å². The Morgan fingerprint density at radius 2 is 1.83 bits per heavy atom. The average molecular weight is 322 g/mol. The summed E-state index contributed by atoms with van der Waals surface area (Å²) in [5.74, 6) is 1.67. The standard InChI is InChI=1S/C17H18N6O/c1-13-11-15(23-17(20-13)18-12-19-23)21-7-9-22(10-8-21)16(24)14-5-3-2-4-6-14/h2-6,11-12H,7-10H2,1H3. The van der Waals surface area contributed by atoms with E-state index in [9.17, 15) is 4.79 Å². The van der Waals surface area contributed by atoms with E-state index in [4.69, 9.17) is 0 Å². The molecule has 0 radical (unpaired) electrons. The number of amides is 1. The lowest BCUT2D eigenvalue weighted by molar-refractivity contribution is 0.0746. The summed E-state index contributed by atoms with van der Waals surface area (Å²) in [4.78, 5) is 25.2. The number of nitrogens with zero attached hydrogens (tertiary/aromatic N) is 6. The van der Waals surface area contributed by atoms with Crippen LogP contribution >= 0.6 is 0 Å². The van der Waals surface area contributed by atoms with E-state index < -0.39 is 0 Å². The molecule has 1 saturated heterocycles. The van der Waals surface area contributed by atoms with E-state index in [1.807, 2.05) is 48.2 Å². The topological polar surface area (TPSA) is 66.6 Å². The van der Waals surface area contributed by atoms with Gasteiger partial charge in [0.05, 0.1) is 0 Å². The van der Waals surface area contributed by atoms with Crippen LogP contribution in [0.4, 0.5) is 5.82 Å². The second kappa shape index (κ2) is 5.92. The van der Waals surface area contributed by atoms with Crippen LogP contribution in [0.2, 0.25) is 0 Å². The van der Waals surface area contributed by atoms with Gasteiger partial charge in [0.25, 0.3) is 11.7 Å². The maximum absolute atomic E-state index is 12.5. The predicted octanol–water partition coefficient (Wildman–Crippen LogP) is 1.40. The number of carbonyl (C=O) groups is 1. The highest BCUT2D eigenvalue weighted by Gasteiger charge is 2.24. The maximum Gasteiger partial charge on any atom is 0.254 e. The summed E-state index contributed by atoms with van der Waals surface area (Å²) in [5.41, 5.74) is 1.65. The summed E-state index contributed by atoms with van der Waals surface area (Å²) < 4.78 is 1.75. The lowest BCUT2D eigenvalue weighted by Gasteiger charge is -2.36. The monoisotopic (exact) mass is 322 g/mol. The molecule has 0 unspecified atom stereocenters. The van der Waals surface area contributed by atoms with E-state index in [2.05, 4.69) is 20.0 Å². The summed E-state index contributed by atoms with van der Waals surface area (Å²) in [6.07, 6.45) is 1.51. The van der Waals surface area contributed by atoms with Crippen molar-refractivity contribution in [3.05, 3.63) is 54.0 Å². The van der Waals surface area contributed by atoms with Crippen LogP contribution in [0.25, 0.3) is 5.78 Å². The van der Waals surface area contributed by atoms with Gasteiger partial charge in [0.1, 0.15) is 12.1 Å². The van der Waals surface area contributed by atoms with Crippen molar-refractivity contribution in [2.75, 3.05) is 31.1 Å². The second-order valence-electron chi connectivity index (χ2n) is 5.87. The van der Waals surface area contributed by atoms with E-state index in [-0.39, 0.29) is 5.91 Å². The molecule has 1 aliphatic rings. The molecule has 1 fully saturated rings. The van der Waals surface area contributed by atoms with Crippen LogP contribution in [-0.4, -0.2) is 56.6 Å². The van der Waals surface area contributed by atoms with Gasteiger partial charge < -0.3 is 9.80 Å². The van der Waals surface area contributed by atoms with Crippen molar-refractivity contribution < 1.29 is 4.79 Å². The van der Waals surface area contributed by atoms with E-state index in [0.717, 1.165) is 30.2 Å². The third-order valence-corrected chi connectivity index (χ3v) is 4.27. The number of hydrogen-bond acceptors (Lipinski definition) is 5. The van der Waals surface area contributed by atoms with Crippen LogP contribution in [0.1, 0.15) is 16.1 Å². The number of fused-ring (bicyclic) bond motifs is 1. The Morgan fingerprint density at radius 1 is 1.08 bits per heavy atom. The molecular weight excluding hydrogens is 304 g/mol. The zero-order valence-corrected chi connectivity index (χ0v) is 13.5. The molecule has 122 valence electrons. The molecule has 0 saturated carbocycles. The lowest BCUT2D eigenvalue weighted by atomic mass is 10.2. The first-order chi connectivity index (χ1) is 11.7. The minimum Gasteiger partial charge on any atom is -0.353 e. The van der Waals surface area contributed by atoms with Crippen LogP contribution in [0.15, 0.2) is 42.7 Å². The zero-order valence-electron chi connectivity index (χ0n) is 13.5. The Kier molecular flexibility index (Phi) is 3.60. The number of piperazine rings is 1. The molecule has 0 spiro atoms. The van der Waals surface area contributed by atoms with Gasteiger partial charge >= 0.3 is 0 Å². The first-order valence-electron chi connectivity index (χ1n) is 7.99. The van der Waals surface area contributed by atoms with Gasteiger partial charge in [-0.2, -0.15) is 14.6 Å². The molecule has 0 aliphatic carbocycles. The number of hydrogen-bond donors (Lipinski definition) is 0. The molecule has 3 aromatic rings. The minimum atomic E-state index is 0.0899. The summed E-state index contributed by atoms with van der Waals surface area (Å²) >= 11 is 0. The van der Waals surface area contributed by atoms with Gasteiger partial charge in [-0.05, 0) is 19.1 Å². The van der Waals surface area contributed by atoms with Crippen LogP contribution in [-0.2, 0) is 0 Å². The lowest BCUT2D eigenvalue weighted by Crippen LogP contribution is -2.49. The van der Waals surface area contributed by atoms with E-state index in [0.29, 0.717) is 18.9 Å². The SMILES string of the molecule is Cc1cc(N2CCN(C(=O)c3ccccc3)CC2)n2ncnc2n1. The summed E-state index contributed by atoms with van der Waals surface area (Å²) in [7, 11) is 0. The molecule has 0 atom stereocenters. The van der Waals surface area contributed by atoms with Crippen LogP contribution in [0.3, 0.4) is 0 Å². The van der Waals surface area contributed by atoms with Crippen molar-refractivity contribution in [3.8, 4) is 0 Å². The average Bonchev–Trinajstić information content (AvgIpc) is 3.09. The van der Waals surface area contributed by atoms with Crippen molar-refractivity contribution >= 4 is 17.5 Å². The predicted molar refractivity (Wildman–Crippen MR) is 90.1 cm³/mol. The summed E-state index contributed by atoms with van der Waals surface area (Å²) in [6, 6.07) is 11.4. The smallest absolute Gasteiger partial charge is 0.254 e. The number of benzene rings is 1. The van der Waals surface area contributed by atoms with Crippen LogP contribution < -0.4 is 4.90 Å². The van der Waals surface area contributed by atoms with Crippen LogP contribution in [0, 0.1) is 6.92 Å². The third kappa shape index (κ3) is 2.58. The Balaban J connectivity index is 1.52. The third-order valence-electron chi connectivity index (χ3n) is 4.27. The molecule has 1 aliphatic heterocycles. The number of aromatic nitrogens is 4. The fourth-order valence-electron chi connectivity index (χ4n) is 3.04. The quantitative estimate of drug-likeness (QED) is 0.713. The molecule has 1 aromatic carbocycles. The van der Waals surface area contributed by atoms with Gasteiger partial charge in [0, 0.05) is 43.5 Å². The molecule has 7 nitrogen and oxygen atoms in total. The van der Waals surface area contributed by atoms with Crippen molar-refractivity contribution in [1.29, 1.82) is 0 Å². The number of carbonyl (C=O) groups excluding carboxylic acids is 1. The minimum absolute atomic E-state index is 0.0899. The van der Waals surface area contributed by atoms with Crippen molar-refractivity contribution in [2.24, 2.45) is 0 Å². The van der Waals surface area contributed by atoms with Gasteiger partial charge in [0.15, 0.2) is 0 Å². The van der Waals surface area contributed by atoms with Crippen molar-refractivity contribution in [2.45, 2.75) is 6.92 Å². The van der Waals surface area contributed by atoms with Crippen molar-refractivity contribution in [1.82, 2.24) is 24.5 Å². The fraction of sp³-hybridized carbons (Fsp3) is 0.294. The Hall–Kier alpha value is -2.96. The molecule has 0 N–H and O–H groups in total. The number of rotatable bonds is 2. The van der Waals surface area contributed by atoms with E-state index in [1.165, 1.54) is 6.33 Å². The molecule has 4 rings (SSSR count). The second-order valence-corrected chi connectivity index (χ2v) is 5.87. The Labute approximate surface area is 139 Å². The Bertz CT molecular complexity index is 867. The van der Waals surface area contributed by atoms with Crippen LogP contribution in [0.5, 0.6) is 0 Å². The first-order valence-corrected chi connectivity index (χ1v) is 7.99. The highest BCUT2D eigenvalue weighted by atomic mass is 16.2. The Morgan fingerprint density at radius 3 is 2.58 bits per heavy atom. The zero-order chi connectivity index (χ0) is 16.5. The van der Waals surface area contributed by atoms with E-state index >= 15 is 0 Å². The molecule has 24 heavy (non-hydrogen) atoms. The number of aryl methyl sites for hydroxylation is 1. The highest BCUT2D eigenvalue weighted by Crippen LogP contribution is 2.18. The molecule has 7 heteroatoms. The molecule has 1 amide bonds. The maximum atomic E-state index is 12.5. The summed E-state index contributed by atoms with van der Waals surface area (Å²) in [5, 5.41) is 4.26. The largest absolute Gasteiger partial charge is 0.353 e. The molecule has 2 aromatic heterocycles. The molecular formula is C17H18N6O. The summed E-state index contributed by atoms with van der Waals surface area (Å²) in [6.45, 7) is 4.85. The van der Waals surface area contributed by atoms with Gasteiger partial charge in [-0.25, -0.2) is 4.98 Å². The van der Waals surface area contributed by atoms with Gasteiger partial charge in [-0.15, -0.1) is 0 Å². The normalized spacial score (nSPS) is 15.0. The molecule has 0 bridgehead atoms. The van der Waals surface area contributed by atoms with Gasteiger partial charge in [-0.3, -0.25) is 4.79 Å². The van der Waals surface area contributed by atoms with Gasteiger partial charge in [-0.1, -0.05) is 18.2 Å². The number of anilines is 1. The fourth-order valence-corrected chi connectivity index (χ4v) is 3.04. The highest BCUT2D eigenvalue weighted by molar-refractivity contribution is 5.94. The first kappa shape index (κ1) is 14.6.